The van der Waals surface area contributed by atoms with E-state index in [9.17, 15) is 9.90 Å². The van der Waals surface area contributed by atoms with Crippen LogP contribution in [0.1, 0.15) is 58.9 Å². The van der Waals surface area contributed by atoms with Crippen LogP contribution in [0.25, 0.3) is 0 Å². The lowest BCUT2D eigenvalue weighted by molar-refractivity contribution is 0.0241. The van der Waals surface area contributed by atoms with E-state index in [2.05, 4.69) is 14.9 Å². The van der Waals surface area contributed by atoms with Gasteiger partial charge in [-0.05, 0) is 47.7 Å². The average molecular weight is 337 g/mol. The van der Waals surface area contributed by atoms with Crippen molar-refractivity contribution in [2.75, 3.05) is 0 Å². The Bertz CT molecular complexity index is 633. The first-order chi connectivity index (χ1) is 10.6. The van der Waals surface area contributed by atoms with E-state index in [-0.39, 0.29) is 24.0 Å². The molecule has 2 N–H and O–H groups in total. The third kappa shape index (κ3) is 3.06. The Kier molecular flexibility index (Phi) is 4.56. The molecule has 118 valence electrons. The largest absolute Gasteiger partial charge is 0.393 e. The van der Waals surface area contributed by atoms with E-state index in [0.29, 0.717) is 10.8 Å². The van der Waals surface area contributed by atoms with Crippen molar-refractivity contribution in [3.63, 3.8) is 0 Å². The topological polar surface area (TPSA) is 75.1 Å². The van der Waals surface area contributed by atoms with E-state index in [1.807, 2.05) is 31.4 Å². The SMILES string of the molecule is CC(C)c1nnsc1C(=O)N[C@H](c1cccs1)C1CC(O)C1. The summed E-state index contributed by atoms with van der Waals surface area (Å²) in [5, 5.41) is 18.8. The van der Waals surface area contributed by atoms with Crippen molar-refractivity contribution in [2.24, 2.45) is 5.92 Å². The molecule has 0 spiro atoms. The summed E-state index contributed by atoms with van der Waals surface area (Å²) in [6, 6.07) is 3.98. The van der Waals surface area contributed by atoms with Gasteiger partial charge in [-0.2, -0.15) is 0 Å². The maximum atomic E-state index is 12.6. The monoisotopic (exact) mass is 337 g/mol. The van der Waals surface area contributed by atoms with Gasteiger partial charge < -0.3 is 10.4 Å². The van der Waals surface area contributed by atoms with Gasteiger partial charge in [0.1, 0.15) is 4.88 Å². The van der Waals surface area contributed by atoms with Gasteiger partial charge >= 0.3 is 0 Å². The van der Waals surface area contributed by atoms with Crippen molar-refractivity contribution >= 4 is 28.8 Å². The van der Waals surface area contributed by atoms with Crippen LogP contribution >= 0.6 is 22.9 Å². The molecule has 2 aromatic heterocycles. The summed E-state index contributed by atoms with van der Waals surface area (Å²) in [4.78, 5) is 14.4. The van der Waals surface area contributed by atoms with E-state index in [4.69, 9.17) is 0 Å². The second kappa shape index (κ2) is 6.44. The summed E-state index contributed by atoms with van der Waals surface area (Å²) in [7, 11) is 0. The molecule has 7 heteroatoms. The molecule has 0 bridgehead atoms. The molecule has 1 aliphatic carbocycles. The third-order valence-corrected chi connectivity index (χ3v) is 5.72. The molecule has 1 saturated carbocycles. The van der Waals surface area contributed by atoms with Crippen LogP contribution in [0, 0.1) is 5.92 Å². The van der Waals surface area contributed by atoms with Gasteiger partial charge in [0.15, 0.2) is 0 Å². The zero-order chi connectivity index (χ0) is 15.7. The molecule has 1 amide bonds. The number of hydrogen-bond donors (Lipinski definition) is 2. The highest BCUT2D eigenvalue weighted by molar-refractivity contribution is 7.10. The van der Waals surface area contributed by atoms with Gasteiger partial charge in [-0.25, -0.2) is 0 Å². The first-order valence-corrected chi connectivity index (χ1v) is 9.06. The van der Waals surface area contributed by atoms with Crippen LogP contribution in [0.5, 0.6) is 0 Å². The summed E-state index contributed by atoms with van der Waals surface area (Å²) in [5.74, 6) is 0.352. The number of aromatic nitrogens is 2. The summed E-state index contributed by atoms with van der Waals surface area (Å²) >= 11 is 2.78. The fourth-order valence-corrected chi connectivity index (χ4v) is 4.32. The molecule has 0 unspecified atom stereocenters. The van der Waals surface area contributed by atoms with Crippen molar-refractivity contribution in [1.29, 1.82) is 0 Å². The number of carbonyl (C=O) groups excluding carboxylic acids is 1. The van der Waals surface area contributed by atoms with Crippen LogP contribution < -0.4 is 5.32 Å². The number of nitrogens with one attached hydrogen (secondary N) is 1. The normalized spacial score (nSPS) is 22.4. The molecule has 1 atom stereocenters. The number of aliphatic hydroxyl groups is 1. The number of carbonyl (C=O) groups is 1. The van der Waals surface area contributed by atoms with E-state index < -0.39 is 0 Å². The lowest BCUT2D eigenvalue weighted by atomic mass is 9.76. The molecule has 0 aliphatic heterocycles. The van der Waals surface area contributed by atoms with Gasteiger partial charge in [0.2, 0.25) is 0 Å². The van der Waals surface area contributed by atoms with Crippen LogP contribution in [0.2, 0.25) is 0 Å². The number of aliphatic hydroxyl groups excluding tert-OH is 1. The van der Waals surface area contributed by atoms with Crippen molar-refractivity contribution in [3.8, 4) is 0 Å². The molecule has 5 nitrogen and oxygen atoms in total. The quantitative estimate of drug-likeness (QED) is 0.879. The highest BCUT2D eigenvalue weighted by atomic mass is 32.1. The molecule has 22 heavy (non-hydrogen) atoms. The number of thiophene rings is 1. The van der Waals surface area contributed by atoms with Gasteiger partial charge in [-0.1, -0.05) is 24.4 Å². The van der Waals surface area contributed by atoms with Gasteiger partial charge in [0.05, 0.1) is 17.8 Å². The molecule has 1 fully saturated rings. The third-order valence-electron chi connectivity index (χ3n) is 4.02. The molecule has 3 rings (SSSR count). The fraction of sp³-hybridized carbons (Fsp3) is 0.533. The van der Waals surface area contributed by atoms with Gasteiger partial charge in [-0.15, -0.1) is 16.4 Å². The van der Waals surface area contributed by atoms with E-state index in [1.54, 1.807) is 11.3 Å². The van der Waals surface area contributed by atoms with Crippen LogP contribution in [0.15, 0.2) is 17.5 Å². The highest BCUT2D eigenvalue weighted by Gasteiger charge is 2.36. The molecule has 0 saturated heterocycles. The molecule has 1 aliphatic rings. The Labute approximate surface area is 137 Å². The summed E-state index contributed by atoms with van der Waals surface area (Å²) in [5.41, 5.74) is 0.751. The van der Waals surface area contributed by atoms with E-state index in [1.165, 1.54) is 0 Å². The lowest BCUT2D eigenvalue weighted by Crippen LogP contribution is -2.41. The van der Waals surface area contributed by atoms with E-state index in [0.717, 1.165) is 34.9 Å². The van der Waals surface area contributed by atoms with Crippen molar-refractivity contribution in [2.45, 2.75) is 44.8 Å². The lowest BCUT2D eigenvalue weighted by Gasteiger charge is -2.37. The smallest absolute Gasteiger partial charge is 0.265 e. The van der Waals surface area contributed by atoms with Gasteiger partial charge in [0, 0.05) is 4.88 Å². The fourth-order valence-electron chi connectivity index (χ4n) is 2.73. The summed E-state index contributed by atoms with van der Waals surface area (Å²) < 4.78 is 3.92. The Morgan fingerprint density at radius 3 is 2.82 bits per heavy atom. The minimum absolute atomic E-state index is 0.0435. The second-order valence-corrected chi connectivity index (χ2v) is 7.73. The maximum absolute atomic E-state index is 12.6. The summed E-state index contributed by atoms with van der Waals surface area (Å²) in [6.45, 7) is 4.01. The van der Waals surface area contributed by atoms with E-state index >= 15 is 0 Å². The van der Waals surface area contributed by atoms with Gasteiger partial charge in [0.25, 0.3) is 5.91 Å². The first-order valence-electron chi connectivity index (χ1n) is 7.40. The van der Waals surface area contributed by atoms with Gasteiger partial charge in [-0.3, -0.25) is 4.79 Å². The van der Waals surface area contributed by atoms with Crippen LogP contribution in [0.4, 0.5) is 0 Å². The Morgan fingerprint density at radius 2 is 2.23 bits per heavy atom. The number of hydrogen-bond acceptors (Lipinski definition) is 6. The minimum Gasteiger partial charge on any atom is -0.393 e. The second-order valence-electron chi connectivity index (χ2n) is 5.99. The molecule has 2 aromatic rings. The zero-order valence-electron chi connectivity index (χ0n) is 12.5. The minimum atomic E-state index is -0.235. The van der Waals surface area contributed by atoms with Crippen molar-refractivity contribution < 1.29 is 9.90 Å². The predicted molar refractivity (Wildman–Crippen MR) is 87.3 cm³/mol. The predicted octanol–water partition coefficient (Wildman–Crippen LogP) is 2.97. The van der Waals surface area contributed by atoms with Crippen LogP contribution in [0.3, 0.4) is 0 Å². The molecule has 0 radical (unpaired) electrons. The van der Waals surface area contributed by atoms with Crippen molar-refractivity contribution in [3.05, 3.63) is 33.0 Å². The number of amides is 1. The molecular formula is C15H19N3O2S2. The highest BCUT2D eigenvalue weighted by Crippen LogP contribution is 2.39. The van der Waals surface area contributed by atoms with Crippen LogP contribution in [-0.4, -0.2) is 26.7 Å². The average Bonchev–Trinajstić information content (AvgIpc) is 3.11. The standard InChI is InChI=1S/C15H19N3O2S2/c1-8(2)12-14(22-18-17-12)15(20)16-13(9-6-10(19)7-9)11-4-3-5-21-11/h3-5,8-10,13,19H,6-7H2,1-2H3,(H,16,20)/t9?,10?,13-/m0/s1. The Balaban J connectivity index is 1.78. The number of rotatable bonds is 5. The maximum Gasteiger partial charge on any atom is 0.265 e. The summed E-state index contributed by atoms with van der Waals surface area (Å²) in [6.07, 6.45) is 1.24. The first kappa shape index (κ1) is 15.6. The Hall–Kier alpha value is -1.31. The Morgan fingerprint density at radius 1 is 1.45 bits per heavy atom. The molecular weight excluding hydrogens is 318 g/mol. The zero-order valence-corrected chi connectivity index (χ0v) is 14.2. The molecule has 0 aromatic carbocycles. The van der Waals surface area contributed by atoms with Crippen molar-refractivity contribution in [1.82, 2.24) is 14.9 Å². The van der Waals surface area contributed by atoms with Crippen LogP contribution in [-0.2, 0) is 0 Å². The molecule has 2 heterocycles. The number of nitrogens with zero attached hydrogens (tertiary/aromatic N) is 2.